The third-order valence-electron chi connectivity index (χ3n) is 5.27. The third kappa shape index (κ3) is 4.49. The lowest BCUT2D eigenvalue weighted by Crippen LogP contribution is -1.99. The number of hydrogen-bond acceptors (Lipinski definition) is 3. The zero-order valence-corrected chi connectivity index (χ0v) is 17.6. The molecule has 152 valence electrons. The summed E-state index contributed by atoms with van der Waals surface area (Å²) < 4.78 is 2.16. The number of rotatable bonds is 7. The first-order chi connectivity index (χ1) is 14.4. The molecule has 0 aliphatic heterocycles. The van der Waals surface area contributed by atoms with Crippen LogP contribution in [0.4, 0.5) is 5.69 Å². The normalized spacial score (nSPS) is 11.3. The van der Waals surface area contributed by atoms with Crippen molar-refractivity contribution in [1.82, 2.24) is 4.57 Å². The van der Waals surface area contributed by atoms with Gasteiger partial charge in [-0.2, -0.15) is 5.26 Å². The number of nitro groups is 1. The highest BCUT2D eigenvalue weighted by atomic mass is 16.6. The summed E-state index contributed by atoms with van der Waals surface area (Å²) in [7, 11) is 0. The van der Waals surface area contributed by atoms with E-state index in [1.54, 1.807) is 18.2 Å². The van der Waals surface area contributed by atoms with E-state index >= 15 is 0 Å². The van der Waals surface area contributed by atoms with Crippen LogP contribution in [0.1, 0.15) is 47.8 Å². The molecule has 0 amide bonds. The van der Waals surface area contributed by atoms with Crippen LogP contribution in [0.3, 0.4) is 0 Å². The van der Waals surface area contributed by atoms with Gasteiger partial charge in [-0.15, -0.1) is 0 Å². The number of nitriles is 1. The number of non-ortho nitro benzene ring substituents is 1. The van der Waals surface area contributed by atoms with Gasteiger partial charge >= 0.3 is 0 Å². The number of benzene rings is 2. The van der Waals surface area contributed by atoms with E-state index in [0.717, 1.165) is 29.1 Å². The van der Waals surface area contributed by atoms with Gasteiger partial charge in [-0.05, 0) is 67.7 Å². The molecule has 5 heteroatoms. The summed E-state index contributed by atoms with van der Waals surface area (Å²) in [6, 6.07) is 19.0. The average molecular weight is 399 g/mol. The van der Waals surface area contributed by atoms with Crippen LogP contribution in [0, 0.1) is 35.3 Å². The summed E-state index contributed by atoms with van der Waals surface area (Å²) in [6.07, 6.45) is 5.25. The first-order valence-corrected chi connectivity index (χ1v) is 10.1. The zero-order valence-electron chi connectivity index (χ0n) is 17.6. The minimum Gasteiger partial charge on any atom is -0.318 e. The maximum absolute atomic E-state index is 11.1. The van der Waals surface area contributed by atoms with Crippen LogP contribution in [0.2, 0.25) is 0 Å². The molecule has 5 nitrogen and oxygen atoms in total. The molecule has 1 aromatic heterocycles. The van der Waals surface area contributed by atoms with Gasteiger partial charge in [0, 0.05) is 29.2 Å². The second kappa shape index (κ2) is 9.23. The van der Waals surface area contributed by atoms with Crippen molar-refractivity contribution in [2.24, 2.45) is 0 Å². The van der Waals surface area contributed by atoms with Crippen LogP contribution in [0.5, 0.6) is 0 Å². The van der Waals surface area contributed by atoms with Crippen molar-refractivity contribution in [3.05, 3.63) is 92.8 Å². The molecule has 3 rings (SSSR count). The van der Waals surface area contributed by atoms with Crippen LogP contribution < -0.4 is 0 Å². The Labute approximate surface area is 177 Å². The Morgan fingerprint density at radius 3 is 2.53 bits per heavy atom. The second-order valence-corrected chi connectivity index (χ2v) is 7.41. The number of nitrogens with zero attached hydrogens (tertiary/aromatic N) is 3. The number of aromatic nitrogens is 1. The topological polar surface area (TPSA) is 71.9 Å². The molecule has 0 bridgehead atoms. The third-order valence-corrected chi connectivity index (χ3v) is 5.27. The molecule has 2 aromatic carbocycles. The lowest BCUT2D eigenvalue weighted by atomic mass is 10.0. The van der Waals surface area contributed by atoms with Crippen molar-refractivity contribution in [1.29, 1.82) is 5.26 Å². The largest absolute Gasteiger partial charge is 0.318 e. The number of nitro benzene ring substituents is 1. The Morgan fingerprint density at radius 1 is 1.17 bits per heavy atom. The van der Waals surface area contributed by atoms with Crippen molar-refractivity contribution in [3.63, 3.8) is 0 Å². The zero-order chi connectivity index (χ0) is 21.7. The van der Waals surface area contributed by atoms with Crippen molar-refractivity contribution in [3.8, 4) is 11.8 Å². The molecule has 0 radical (unpaired) electrons. The Morgan fingerprint density at radius 2 is 1.90 bits per heavy atom. The predicted octanol–water partition coefficient (Wildman–Crippen LogP) is 6.41. The summed E-state index contributed by atoms with van der Waals surface area (Å²) >= 11 is 0. The highest BCUT2D eigenvalue weighted by Gasteiger charge is 2.13. The van der Waals surface area contributed by atoms with Crippen LogP contribution in [0.15, 0.2) is 54.6 Å². The summed E-state index contributed by atoms with van der Waals surface area (Å²) in [5.41, 5.74) is 6.33. The van der Waals surface area contributed by atoms with Crippen molar-refractivity contribution < 1.29 is 4.92 Å². The van der Waals surface area contributed by atoms with Crippen molar-refractivity contribution in [2.45, 2.75) is 40.0 Å². The lowest BCUT2D eigenvalue weighted by molar-refractivity contribution is -0.384. The number of unbranched alkanes of at least 4 members (excludes halogenated alkanes) is 1. The van der Waals surface area contributed by atoms with Gasteiger partial charge in [0.05, 0.1) is 16.6 Å². The van der Waals surface area contributed by atoms with Crippen LogP contribution in [0.25, 0.3) is 17.3 Å². The molecule has 0 atom stereocenters. The Bertz CT molecular complexity index is 1130. The van der Waals surface area contributed by atoms with Crippen molar-refractivity contribution in [2.75, 3.05) is 0 Å². The van der Waals surface area contributed by atoms with Gasteiger partial charge in [0.15, 0.2) is 0 Å². The molecule has 0 unspecified atom stereocenters. The van der Waals surface area contributed by atoms with E-state index in [2.05, 4.69) is 41.8 Å². The molecule has 0 aliphatic rings. The van der Waals surface area contributed by atoms with E-state index in [0.29, 0.717) is 11.1 Å². The van der Waals surface area contributed by atoms with E-state index in [9.17, 15) is 15.4 Å². The Hall–Kier alpha value is -3.65. The van der Waals surface area contributed by atoms with Gasteiger partial charge in [-0.1, -0.05) is 37.6 Å². The smallest absolute Gasteiger partial charge is 0.270 e. The molecule has 0 N–H and O–H groups in total. The Balaban J connectivity index is 1.97. The standard InChI is InChI=1S/C25H25N3O2/c1-4-5-7-20-10-12-24(13-11-20)27-18(2)14-22(19(27)3)15-23(17-26)21-8-6-9-25(16-21)28(29)30/h6,8-16H,4-5,7H2,1-3H3. The summed E-state index contributed by atoms with van der Waals surface area (Å²) in [5, 5.41) is 20.7. The molecule has 1 heterocycles. The van der Waals surface area contributed by atoms with E-state index in [1.165, 1.54) is 30.5 Å². The van der Waals surface area contributed by atoms with E-state index in [1.807, 2.05) is 19.9 Å². The molecule has 0 spiro atoms. The highest BCUT2D eigenvalue weighted by Crippen LogP contribution is 2.27. The fourth-order valence-corrected chi connectivity index (χ4v) is 3.65. The van der Waals surface area contributed by atoms with Crippen LogP contribution in [-0.4, -0.2) is 9.49 Å². The summed E-state index contributed by atoms with van der Waals surface area (Å²) in [4.78, 5) is 10.6. The maximum atomic E-state index is 11.1. The molecule has 0 fully saturated rings. The molecule has 0 saturated heterocycles. The van der Waals surface area contributed by atoms with Gasteiger partial charge in [0.2, 0.25) is 0 Å². The highest BCUT2D eigenvalue weighted by molar-refractivity contribution is 5.90. The molecule has 3 aromatic rings. The maximum Gasteiger partial charge on any atom is 0.270 e. The summed E-state index contributed by atoms with van der Waals surface area (Å²) in [6.45, 7) is 6.25. The lowest BCUT2D eigenvalue weighted by Gasteiger charge is -2.11. The molecule has 0 aliphatic carbocycles. The number of aryl methyl sites for hydroxylation is 2. The minimum atomic E-state index is -0.450. The molecular formula is C25H25N3O2. The quantitative estimate of drug-likeness (QED) is 0.262. The monoisotopic (exact) mass is 399 g/mol. The molecular weight excluding hydrogens is 374 g/mol. The van der Waals surface area contributed by atoms with Gasteiger partial charge < -0.3 is 4.57 Å². The van der Waals surface area contributed by atoms with E-state index in [4.69, 9.17) is 0 Å². The van der Waals surface area contributed by atoms with Crippen LogP contribution in [-0.2, 0) is 6.42 Å². The van der Waals surface area contributed by atoms with Gasteiger partial charge in [-0.3, -0.25) is 10.1 Å². The molecule has 0 saturated carbocycles. The van der Waals surface area contributed by atoms with Crippen LogP contribution >= 0.6 is 0 Å². The first-order valence-electron chi connectivity index (χ1n) is 10.1. The summed E-state index contributed by atoms with van der Waals surface area (Å²) in [5.74, 6) is 0. The fourth-order valence-electron chi connectivity index (χ4n) is 3.65. The van der Waals surface area contributed by atoms with Crippen molar-refractivity contribution >= 4 is 17.3 Å². The average Bonchev–Trinajstić information content (AvgIpc) is 3.03. The predicted molar refractivity (Wildman–Crippen MR) is 120 cm³/mol. The van der Waals surface area contributed by atoms with E-state index < -0.39 is 4.92 Å². The van der Waals surface area contributed by atoms with Gasteiger partial charge in [-0.25, -0.2) is 0 Å². The first kappa shape index (κ1) is 21.1. The fraction of sp³-hybridized carbons (Fsp3) is 0.240. The SMILES string of the molecule is CCCCc1ccc(-n2c(C)cc(C=C(C#N)c3cccc([N+](=O)[O-])c3)c2C)cc1. The molecule has 30 heavy (non-hydrogen) atoms. The van der Waals surface area contributed by atoms with E-state index in [-0.39, 0.29) is 5.69 Å². The number of allylic oxidation sites excluding steroid dienone is 1. The Kier molecular flexibility index (Phi) is 6.48. The van der Waals surface area contributed by atoms with Gasteiger partial charge in [0.25, 0.3) is 5.69 Å². The number of hydrogen-bond donors (Lipinski definition) is 0. The van der Waals surface area contributed by atoms with Gasteiger partial charge in [0.1, 0.15) is 0 Å². The second-order valence-electron chi connectivity index (χ2n) is 7.41. The minimum absolute atomic E-state index is 0.0257.